The van der Waals surface area contributed by atoms with E-state index in [-0.39, 0.29) is 17.6 Å². The largest absolute Gasteiger partial charge is 0.336 e. The number of carbonyl (C=O) groups is 1. The molecule has 0 spiro atoms. The minimum Gasteiger partial charge on any atom is -0.336 e. The summed E-state index contributed by atoms with van der Waals surface area (Å²) in [6, 6.07) is 12.6. The monoisotopic (exact) mass is 509 g/mol. The minimum absolute atomic E-state index is 0.156. The molecule has 0 radical (unpaired) electrons. The number of hydrogen-bond acceptors (Lipinski definition) is 5. The fraction of sp³-hybridized carbons (Fsp3) is 0.107. The van der Waals surface area contributed by atoms with Crippen LogP contribution in [0.5, 0.6) is 0 Å². The van der Waals surface area contributed by atoms with Crippen molar-refractivity contribution >= 4 is 33.5 Å². The molecule has 0 saturated heterocycles. The van der Waals surface area contributed by atoms with Crippen LogP contribution in [0, 0.1) is 17.6 Å². The maximum Gasteiger partial charge on any atom is 0.226 e. The van der Waals surface area contributed by atoms with Crippen LogP contribution < -0.4 is 5.32 Å². The number of nitrogens with zero attached hydrogens (tertiary/aromatic N) is 4. The summed E-state index contributed by atoms with van der Waals surface area (Å²) in [5.74, 6) is -0.692. The molecular weight excluding hydrogens is 488 g/mol. The highest BCUT2D eigenvalue weighted by molar-refractivity contribution is 5.98. The van der Waals surface area contributed by atoms with E-state index in [4.69, 9.17) is 4.98 Å². The first kappa shape index (κ1) is 23.4. The van der Waals surface area contributed by atoms with Crippen molar-refractivity contribution in [3.63, 3.8) is 0 Å². The van der Waals surface area contributed by atoms with E-state index in [0.29, 0.717) is 50.4 Å². The number of amides is 1. The summed E-state index contributed by atoms with van der Waals surface area (Å²) < 4.78 is 28.6. The highest BCUT2D eigenvalue weighted by Crippen LogP contribution is 2.34. The molecule has 0 fully saturated rings. The summed E-state index contributed by atoms with van der Waals surface area (Å²) >= 11 is 0. The molecule has 0 unspecified atom stereocenters. The van der Waals surface area contributed by atoms with Crippen LogP contribution in [0.3, 0.4) is 0 Å². The van der Waals surface area contributed by atoms with E-state index in [1.807, 2.05) is 0 Å². The SMILES string of the molecule is CC(C)C(=O)Nc1cncc(-c2cc3c(-c4nc5c(-c6ccc(F)cc6)nccc5[nH]4)n[nH]c3cc2F)c1. The molecular formula is C28H21F2N7O. The van der Waals surface area contributed by atoms with Crippen LogP contribution >= 0.6 is 0 Å². The van der Waals surface area contributed by atoms with Crippen LogP contribution in [0.25, 0.3) is 55.8 Å². The number of rotatable bonds is 5. The van der Waals surface area contributed by atoms with E-state index in [1.54, 1.807) is 50.4 Å². The van der Waals surface area contributed by atoms with Gasteiger partial charge in [-0.2, -0.15) is 5.10 Å². The van der Waals surface area contributed by atoms with Gasteiger partial charge in [-0.15, -0.1) is 0 Å². The normalized spacial score (nSPS) is 11.5. The first-order chi connectivity index (χ1) is 18.4. The lowest BCUT2D eigenvalue weighted by Gasteiger charge is -2.09. The highest BCUT2D eigenvalue weighted by atomic mass is 19.1. The van der Waals surface area contributed by atoms with Crippen molar-refractivity contribution in [3.05, 3.63) is 78.8 Å². The number of H-pyrrole nitrogens is 2. The van der Waals surface area contributed by atoms with Crippen molar-refractivity contribution in [1.29, 1.82) is 0 Å². The topological polar surface area (TPSA) is 112 Å². The summed E-state index contributed by atoms with van der Waals surface area (Å²) in [6.45, 7) is 3.58. The van der Waals surface area contributed by atoms with Crippen molar-refractivity contribution in [3.8, 4) is 33.9 Å². The molecule has 3 N–H and O–H groups in total. The zero-order valence-electron chi connectivity index (χ0n) is 20.4. The second-order valence-corrected chi connectivity index (χ2v) is 9.20. The van der Waals surface area contributed by atoms with Gasteiger partial charge in [-0.3, -0.25) is 19.9 Å². The molecule has 0 atom stereocenters. The van der Waals surface area contributed by atoms with E-state index in [9.17, 15) is 9.18 Å². The number of anilines is 1. The number of halogens is 2. The maximum atomic E-state index is 15.2. The van der Waals surface area contributed by atoms with Gasteiger partial charge < -0.3 is 10.3 Å². The van der Waals surface area contributed by atoms with Gasteiger partial charge in [0.25, 0.3) is 0 Å². The molecule has 0 aliphatic rings. The van der Waals surface area contributed by atoms with Gasteiger partial charge in [0, 0.05) is 46.5 Å². The average Bonchev–Trinajstić information content (AvgIpc) is 3.52. The third kappa shape index (κ3) is 4.15. The Morgan fingerprint density at radius 1 is 0.947 bits per heavy atom. The number of fused-ring (bicyclic) bond motifs is 2. The molecule has 4 aromatic heterocycles. The van der Waals surface area contributed by atoms with Crippen LogP contribution in [-0.4, -0.2) is 36.0 Å². The molecule has 0 aliphatic carbocycles. The summed E-state index contributed by atoms with van der Waals surface area (Å²) in [5, 5.41) is 10.7. The van der Waals surface area contributed by atoms with Gasteiger partial charge in [-0.25, -0.2) is 13.8 Å². The van der Waals surface area contributed by atoms with E-state index in [2.05, 4.69) is 30.5 Å². The Kier molecular flexibility index (Phi) is 5.64. The number of nitrogens with one attached hydrogen (secondary N) is 3. The summed E-state index contributed by atoms with van der Waals surface area (Å²) in [4.78, 5) is 28.8. The van der Waals surface area contributed by atoms with Gasteiger partial charge in [0.05, 0.1) is 28.6 Å². The Morgan fingerprint density at radius 3 is 2.55 bits per heavy atom. The highest BCUT2D eigenvalue weighted by Gasteiger charge is 2.19. The van der Waals surface area contributed by atoms with Gasteiger partial charge in [0.15, 0.2) is 5.82 Å². The number of pyridine rings is 2. The van der Waals surface area contributed by atoms with Crippen LogP contribution in [-0.2, 0) is 4.79 Å². The molecule has 1 amide bonds. The van der Waals surface area contributed by atoms with E-state index >= 15 is 4.39 Å². The molecule has 6 aromatic rings. The summed E-state index contributed by atoms with van der Waals surface area (Å²) in [7, 11) is 0. The second-order valence-electron chi connectivity index (χ2n) is 9.20. The molecule has 38 heavy (non-hydrogen) atoms. The standard InChI is InChI=1S/C28H21F2N7O/c1-14(2)28(38)33-18-9-16(12-31-13-18)19-10-20-23(11-21(19)30)36-37-25(20)27-34-22-7-8-32-24(26(22)35-27)15-3-5-17(29)6-4-15/h3-14H,1-2H3,(H,33,38)(H,34,35)(H,36,37). The number of carbonyl (C=O) groups excluding carboxylic acids is 1. The minimum atomic E-state index is -0.464. The predicted molar refractivity (Wildman–Crippen MR) is 141 cm³/mol. The predicted octanol–water partition coefficient (Wildman–Crippen LogP) is 6.10. The molecule has 8 nitrogen and oxygen atoms in total. The second kappa shape index (κ2) is 9.15. The Hall–Kier alpha value is -4.99. The number of aromatic amines is 2. The molecule has 6 rings (SSSR count). The van der Waals surface area contributed by atoms with Crippen molar-refractivity contribution in [1.82, 2.24) is 30.1 Å². The number of hydrogen-bond donors (Lipinski definition) is 3. The van der Waals surface area contributed by atoms with Crippen LogP contribution in [0.15, 0.2) is 67.1 Å². The van der Waals surface area contributed by atoms with Crippen LogP contribution in [0.2, 0.25) is 0 Å². The Balaban J connectivity index is 1.44. The van der Waals surface area contributed by atoms with Crippen molar-refractivity contribution < 1.29 is 13.6 Å². The third-order valence-corrected chi connectivity index (χ3v) is 6.23. The Morgan fingerprint density at radius 2 is 1.76 bits per heavy atom. The third-order valence-electron chi connectivity index (χ3n) is 6.23. The van der Waals surface area contributed by atoms with Crippen molar-refractivity contribution in [2.75, 3.05) is 5.32 Å². The lowest BCUT2D eigenvalue weighted by molar-refractivity contribution is -0.118. The van der Waals surface area contributed by atoms with Gasteiger partial charge in [-0.05, 0) is 42.5 Å². The van der Waals surface area contributed by atoms with Gasteiger partial charge >= 0.3 is 0 Å². The molecule has 0 aliphatic heterocycles. The van der Waals surface area contributed by atoms with Gasteiger partial charge in [0.1, 0.15) is 22.8 Å². The molecule has 0 bridgehead atoms. The first-order valence-corrected chi connectivity index (χ1v) is 11.9. The fourth-order valence-corrected chi connectivity index (χ4v) is 4.25. The molecule has 4 heterocycles. The van der Waals surface area contributed by atoms with E-state index < -0.39 is 5.82 Å². The molecule has 0 saturated carbocycles. The van der Waals surface area contributed by atoms with Crippen molar-refractivity contribution in [2.24, 2.45) is 5.92 Å². The number of imidazole rings is 1. The van der Waals surface area contributed by atoms with Gasteiger partial charge in [0.2, 0.25) is 5.91 Å². The van der Waals surface area contributed by atoms with E-state index in [0.717, 1.165) is 11.1 Å². The summed E-state index contributed by atoms with van der Waals surface area (Å²) in [6.07, 6.45) is 4.71. The number of aromatic nitrogens is 6. The quantitative estimate of drug-likeness (QED) is 0.260. The maximum absolute atomic E-state index is 15.2. The number of benzene rings is 2. The van der Waals surface area contributed by atoms with Crippen LogP contribution in [0.1, 0.15) is 13.8 Å². The van der Waals surface area contributed by atoms with Crippen LogP contribution in [0.4, 0.5) is 14.5 Å². The Labute approximate surface area is 215 Å². The molecule has 2 aromatic carbocycles. The molecule has 10 heteroatoms. The zero-order valence-corrected chi connectivity index (χ0v) is 20.4. The lowest BCUT2D eigenvalue weighted by Crippen LogP contribution is -2.17. The summed E-state index contributed by atoms with van der Waals surface area (Å²) in [5.41, 5.74) is 4.94. The smallest absolute Gasteiger partial charge is 0.226 e. The zero-order chi connectivity index (χ0) is 26.4. The average molecular weight is 510 g/mol. The fourth-order valence-electron chi connectivity index (χ4n) is 4.25. The van der Waals surface area contributed by atoms with E-state index in [1.165, 1.54) is 30.6 Å². The van der Waals surface area contributed by atoms with Gasteiger partial charge in [-0.1, -0.05) is 13.8 Å². The lowest BCUT2D eigenvalue weighted by atomic mass is 10.0. The first-order valence-electron chi connectivity index (χ1n) is 11.9. The van der Waals surface area contributed by atoms with Crippen molar-refractivity contribution in [2.45, 2.75) is 13.8 Å². The molecule has 188 valence electrons. The Bertz CT molecular complexity index is 1820.